The molecule has 0 fully saturated rings. The molecule has 0 unspecified atom stereocenters. The summed E-state index contributed by atoms with van der Waals surface area (Å²) in [5.74, 6) is 0.549. The van der Waals surface area contributed by atoms with Gasteiger partial charge in [-0.05, 0) is 37.6 Å². The molecule has 1 heterocycles. The van der Waals surface area contributed by atoms with Crippen LogP contribution >= 0.6 is 0 Å². The van der Waals surface area contributed by atoms with Crippen LogP contribution in [0.15, 0.2) is 60.7 Å². The third-order valence-corrected chi connectivity index (χ3v) is 6.01. The zero-order valence-electron chi connectivity index (χ0n) is 18.2. The first-order valence-electron chi connectivity index (χ1n) is 10.6. The molecule has 0 spiro atoms. The average Bonchev–Trinajstić information content (AvgIpc) is 3.29. The molecule has 5 rings (SSSR count). The highest BCUT2D eigenvalue weighted by molar-refractivity contribution is 6.30. The van der Waals surface area contributed by atoms with Crippen molar-refractivity contribution in [2.24, 2.45) is 0 Å². The lowest BCUT2D eigenvalue weighted by atomic mass is 9.83. The Kier molecular flexibility index (Phi) is 4.98. The molecule has 0 radical (unpaired) electrons. The fraction of sp³-hybridized carbons (Fsp3) is 0.192. The van der Waals surface area contributed by atoms with Crippen molar-refractivity contribution in [3.8, 4) is 11.5 Å². The van der Waals surface area contributed by atoms with E-state index in [1.54, 1.807) is 42.5 Å². The molecule has 0 aromatic heterocycles. The van der Waals surface area contributed by atoms with Gasteiger partial charge in [-0.1, -0.05) is 42.5 Å². The van der Waals surface area contributed by atoms with E-state index in [-0.39, 0.29) is 36.4 Å². The zero-order chi connectivity index (χ0) is 23.2. The van der Waals surface area contributed by atoms with Gasteiger partial charge in [0.2, 0.25) is 12.7 Å². The predicted molar refractivity (Wildman–Crippen MR) is 122 cm³/mol. The first-order chi connectivity index (χ1) is 15.8. The number of nitrogens with one attached hydrogen (secondary N) is 2. The maximum atomic E-state index is 13.1. The van der Waals surface area contributed by atoms with Gasteiger partial charge in [0.15, 0.2) is 23.1 Å². The average molecular weight is 442 g/mol. The lowest BCUT2D eigenvalue weighted by Crippen LogP contribution is -2.41. The second-order valence-corrected chi connectivity index (χ2v) is 8.53. The highest BCUT2D eigenvalue weighted by Gasteiger charge is 2.32. The Balaban J connectivity index is 1.33. The Hall–Kier alpha value is -3.97. The molecule has 3 aromatic rings. The van der Waals surface area contributed by atoms with Gasteiger partial charge < -0.3 is 14.8 Å². The minimum atomic E-state index is -0.529. The monoisotopic (exact) mass is 442 g/mol. The number of rotatable bonds is 5. The van der Waals surface area contributed by atoms with Crippen molar-refractivity contribution in [2.45, 2.75) is 19.4 Å². The van der Waals surface area contributed by atoms with Crippen molar-refractivity contribution >= 4 is 23.2 Å². The summed E-state index contributed by atoms with van der Waals surface area (Å²) < 4.78 is 10.8. The van der Waals surface area contributed by atoms with E-state index in [9.17, 15) is 14.4 Å². The van der Waals surface area contributed by atoms with E-state index in [4.69, 9.17) is 9.47 Å². The SMILES string of the molecule is CC(C)(NCC(=O)Nc1cccc2c1C(=O)c1ccccc1C2=O)c1ccc2c(c1)OCO2. The molecular weight excluding hydrogens is 420 g/mol. The molecule has 0 bridgehead atoms. The first-order valence-corrected chi connectivity index (χ1v) is 10.6. The fourth-order valence-electron chi connectivity index (χ4n) is 4.13. The normalized spacial score (nSPS) is 14.0. The van der Waals surface area contributed by atoms with Crippen molar-refractivity contribution in [1.82, 2.24) is 5.32 Å². The van der Waals surface area contributed by atoms with Gasteiger partial charge in [0.25, 0.3) is 0 Å². The standard InChI is InChI=1S/C26H22N2O5/c1-26(2,15-10-11-20-21(12-15)33-14-32-20)27-13-22(29)28-19-9-5-8-18-23(19)25(31)17-7-4-3-6-16(17)24(18)30/h3-12,27H,13-14H2,1-2H3,(H,28,29). The Morgan fingerprint density at radius 3 is 2.36 bits per heavy atom. The molecule has 1 aliphatic carbocycles. The van der Waals surface area contributed by atoms with E-state index in [0.717, 1.165) is 5.56 Å². The number of benzene rings is 3. The number of carbonyl (C=O) groups excluding carboxylic acids is 3. The van der Waals surface area contributed by atoms with Gasteiger partial charge >= 0.3 is 0 Å². The number of hydrogen-bond acceptors (Lipinski definition) is 6. The van der Waals surface area contributed by atoms with E-state index in [1.165, 1.54) is 0 Å². The van der Waals surface area contributed by atoms with Crippen LogP contribution < -0.4 is 20.1 Å². The first kappa shape index (κ1) is 20.9. The summed E-state index contributed by atoms with van der Waals surface area (Å²) in [4.78, 5) is 38.8. The van der Waals surface area contributed by atoms with E-state index in [1.807, 2.05) is 32.0 Å². The number of fused-ring (bicyclic) bond motifs is 3. The minimum Gasteiger partial charge on any atom is -0.454 e. The summed E-state index contributed by atoms with van der Waals surface area (Å²) in [7, 11) is 0. The van der Waals surface area contributed by atoms with Gasteiger partial charge in [-0.25, -0.2) is 0 Å². The van der Waals surface area contributed by atoms with Crippen LogP contribution in [0.25, 0.3) is 0 Å². The largest absolute Gasteiger partial charge is 0.454 e. The molecule has 7 nitrogen and oxygen atoms in total. The van der Waals surface area contributed by atoms with Gasteiger partial charge in [0, 0.05) is 22.2 Å². The Bertz CT molecular complexity index is 1310. The number of ether oxygens (including phenoxy) is 2. The molecule has 3 aromatic carbocycles. The van der Waals surface area contributed by atoms with Gasteiger partial charge in [0.1, 0.15) is 0 Å². The number of ketones is 2. The van der Waals surface area contributed by atoms with Crippen molar-refractivity contribution < 1.29 is 23.9 Å². The van der Waals surface area contributed by atoms with Crippen molar-refractivity contribution in [2.75, 3.05) is 18.7 Å². The van der Waals surface area contributed by atoms with Crippen LogP contribution in [0.3, 0.4) is 0 Å². The number of hydrogen-bond donors (Lipinski definition) is 2. The smallest absolute Gasteiger partial charge is 0.238 e. The second kappa shape index (κ2) is 7.86. The van der Waals surface area contributed by atoms with Crippen molar-refractivity contribution in [1.29, 1.82) is 0 Å². The van der Waals surface area contributed by atoms with Crippen LogP contribution in [0.1, 0.15) is 51.3 Å². The van der Waals surface area contributed by atoms with E-state index in [0.29, 0.717) is 33.9 Å². The third kappa shape index (κ3) is 3.66. The van der Waals surface area contributed by atoms with Crippen LogP contribution in [-0.2, 0) is 10.3 Å². The zero-order valence-corrected chi connectivity index (χ0v) is 18.2. The number of amides is 1. The summed E-state index contributed by atoms with van der Waals surface area (Å²) in [6.07, 6.45) is 0. The molecule has 1 aliphatic heterocycles. The van der Waals surface area contributed by atoms with Gasteiger partial charge in [-0.2, -0.15) is 0 Å². The third-order valence-electron chi connectivity index (χ3n) is 6.01. The molecule has 7 heteroatoms. The van der Waals surface area contributed by atoms with Crippen molar-refractivity contribution in [3.63, 3.8) is 0 Å². The summed E-state index contributed by atoms with van der Waals surface area (Å²) in [6.45, 7) is 4.12. The number of anilines is 1. The van der Waals surface area contributed by atoms with Crippen LogP contribution in [0.4, 0.5) is 5.69 Å². The molecule has 166 valence electrons. The van der Waals surface area contributed by atoms with Crippen LogP contribution in [0.5, 0.6) is 11.5 Å². The lowest BCUT2D eigenvalue weighted by molar-refractivity contribution is -0.115. The fourth-order valence-corrected chi connectivity index (χ4v) is 4.13. The summed E-state index contributed by atoms with van der Waals surface area (Å²) in [5, 5.41) is 6.04. The highest BCUT2D eigenvalue weighted by atomic mass is 16.7. The second-order valence-electron chi connectivity index (χ2n) is 8.53. The Morgan fingerprint density at radius 2 is 1.58 bits per heavy atom. The summed E-state index contributed by atoms with van der Waals surface area (Å²) in [5.41, 5.74) is 1.99. The van der Waals surface area contributed by atoms with Gasteiger partial charge in [-0.3, -0.25) is 19.7 Å². The molecule has 0 atom stereocenters. The maximum absolute atomic E-state index is 13.1. The molecule has 2 aliphatic rings. The quantitative estimate of drug-likeness (QED) is 0.490. The van der Waals surface area contributed by atoms with E-state index in [2.05, 4.69) is 10.6 Å². The molecule has 2 N–H and O–H groups in total. The van der Waals surface area contributed by atoms with Crippen LogP contribution in [0, 0.1) is 0 Å². The van der Waals surface area contributed by atoms with E-state index < -0.39 is 5.54 Å². The molecule has 1 amide bonds. The topological polar surface area (TPSA) is 93.7 Å². The van der Waals surface area contributed by atoms with Gasteiger partial charge in [0.05, 0.1) is 17.8 Å². The lowest BCUT2D eigenvalue weighted by Gasteiger charge is -2.27. The molecule has 0 saturated heterocycles. The molecular formula is C26H22N2O5. The summed E-state index contributed by atoms with van der Waals surface area (Å²) >= 11 is 0. The Labute approximate surface area is 190 Å². The molecule has 33 heavy (non-hydrogen) atoms. The summed E-state index contributed by atoms with van der Waals surface area (Å²) in [6, 6.07) is 17.3. The van der Waals surface area contributed by atoms with Crippen LogP contribution in [-0.4, -0.2) is 30.8 Å². The molecule has 0 saturated carbocycles. The predicted octanol–water partition coefficient (Wildman–Crippen LogP) is 3.65. The maximum Gasteiger partial charge on any atom is 0.238 e. The van der Waals surface area contributed by atoms with Crippen molar-refractivity contribution in [3.05, 3.63) is 88.5 Å². The number of carbonyl (C=O) groups is 3. The highest BCUT2D eigenvalue weighted by Crippen LogP contribution is 2.36. The van der Waals surface area contributed by atoms with Gasteiger partial charge in [-0.15, -0.1) is 0 Å². The van der Waals surface area contributed by atoms with Crippen LogP contribution in [0.2, 0.25) is 0 Å². The van der Waals surface area contributed by atoms with E-state index >= 15 is 0 Å². The minimum absolute atomic E-state index is 0.00380. The Morgan fingerprint density at radius 1 is 0.879 bits per heavy atom.